The van der Waals surface area contributed by atoms with E-state index in [0.717, 1.165) is 37.4 Å². The first-order valence-electron chi connectivity index (χ1n) is 7.38. The van der Waals surface area contributed by atoms with E-state index in [2.05, 4.69) is 35.6 Å². The summed E-state index contributed by atoms with van der Waals surface area (Å²) in [6, 6.07) is 12.6. The molecule has 0 bridgehead atoms. The molecule has 3 rings (SSSR count). The van der Waals surface area contributed by atoms with E-state index in [1.54, 1.807) is 14.2 Å². The molecule has 0 aromatic heterocycles. The quantitative estimate of drug-likeness (QED) is 0.939. The minimum Gasteiger partial charge on any atom is -0.493 e. The molecule has 1 N–H and O–H groups in total. The van der Waals surface area contributed by atoms with Gasteiger partial charge in [0.2, 0.25) is 0 Å². The largest absolute Gasteiger partial charge is 0.493 e. The minimum atomic E-state index is 0.817. The monoisotopic (exact) mass is 283 g/mol. The van der Waals surface area contributed by atoms with Crippen LogP contribution in [0.15, 0.2) is 36.4 Å². The lowest BCUT2D eigenvalue weighted by Gasteiger charge is -2.19. The third kappa shape index (κ3) is 2.61. The molecule has 0 radical (unpaired) electrons. The van der Waals surface area contributed by atoms with Gasteiger partial charge in [-0.2, -0.15) is 0 Å². The highest BCUT2D eigenvalue weighted by Crippen LogP contribution is 2.43. The highest BCUT2D eigenvalue weighted by molar-refractivity contribution is 5.79. The zero-order chi connectivity index (χ0) is 14.7. The number of benzene rings is 2. The average molecular weight is 283 g/mol. The van der Waals surface area contributed by atoms with E-state index in [4.69, 9.17) is 9.47 Å². The van der Waals surface area contributed by atoms with E-state index in [1.165, 1.54) is 22.3 Å². The number of fused-ring (bicyclic) bond motifs is 1. The maximum atomic E-state index is 5.68. The Balaban J connectivity index is 2.28. The van der Waals surface area contributed by atoms with Crippen LogP contribution in [-0.4, -0.2) is 27.3 Å². The molecule has 0 spiro atoms. The van der Waals surface area contributed by atoms with Gasteiger partial charge in [0.05, 0.1) is 14.2 Å². The average Bonchev–Trinajstić information content (AvgIpc) is 2.78. The molecular weight excluding hydrogens is 262 g/mol. The molecular formula is C18H21NO2. The fourth-order valence-corrected chi connectivity index (χ4v) is 3.07. The van der Waals surface area contributed by atoms with E-state index in [1.807, 2.05) is 6.07 Å². The summed E-state index contributed by atoms with van der Waals surface area (Å²) in [6.07, 6.45) is 2.04. The summed E-state index contributed by atoms with van der Waals surface area (Å²) in [4.78, 5) is 0. The van der Waals surface area contributed by atoms with Crippen molar-refractivity contribution in [3.8, 4) is 22.6 Å². The summed E-state index contributed by atoms with van der Waals surface area (Å²) in [6.45, 7) is 2.01. The van der Waals surface area contributed by atoms with Crippen molar-refractivity contribution in [2.75, 3.05) is 27.3 Å². The van der Waals surface area contributed by atoms with Gasteiger partial charge in [0.25, 0.3) is 0 Å². The first kappa shape index (κ1) is 14.0. The Morgan fingerprint density at radius 2 is 1.71 bits per heavy atom. The number of hydrogen-bond acceptors (Lipinski definition) is 3. The van der Waals surface area contributed by atoms with Crippen LogP contribution in [0, 0.1) is 0 Å². The standard InChI is InChI=1S/C18H21NO2/c1-20-16-12-14-8-10-19-11-9-15(14)17(18(16)21-2)13-6-4-3-5-7-13/h3-7,12,19H,8-11H2,1-2H3. The molecule has 1 heterocycles. The second kappa shape index (κ2) is 6.19. The van der Waals surface area contributed by atoms with E-state index < -0.39 is 0 Å². The van der Waals surface area contributed by atoms with Crippen LogP contribution in [0.5, 0.6) is 11.5 Å². The molecule has 21 heavy (non-hydrogen) atoms. The summed E-state index contributed by atoms with van der Waals surface area (Å²) < 4.78 is 11.2. The normalized spacial score (nSPS) is 14.2. The number of hydrogen-bond donors (Lipinski definition) is 1. The fraction of sp³-hybridized carbons (Fsp3) is 0.333. The Morgan fingerprint density at radius 3 is 2.43 bits per heavy atom. The Labute approximate surface area is 125 Å². The van der Waals surface area contributed by atoms with E-state index >= 15 is 0 Å². The van der Waals surface area contributed by atoms with Crippen LogP contribution in [0.25, 0.3) is 11.1 Å². The third-order valence-electron chi connectivity index (χ3n) is 4.05. The summed E-state index contributed by atoms with van der Waals surface area (Å²) in [5.41, 5.74) is 5.10. The van der Waals surface area contributed by atoms with Gasteiger partial charge < -0.3 is 14.8 Å². The Hall–Kier alpha value is -2.00. The molecule has 0 fully saturated rings. The second-order valence-corrected chi connectivity index (χ2v) is 5.24. The molecule has 0 saturated carbocycles. The van der Waals surface area contributed by atoms with Crippen LogP contribution < -0.4 is 14.8 Å². The lowest BCUT2D eigenvalue weighted by Crippen LogP contribution is -2.16. The van der Waals surface area contributed by atoms with Gasteiger partial charge in [-0.3, -0.25) is 0 Å². The molecule has 1 aliphatic rings. The van der Waals surface area contributed by atoms with Crippen molar-refractivity contribution in [3.63, 3.8) is 0 Å². The zero-order valence-electron chi connectivity index (χ0n) is 12.6. The number of methoxy groups -OCH3 is 2. The predicted octanol–water partition coefficient (Wildman–Crippen LogP) is 3.06. The van der Waals surface area contributed by atoms with Crippen molar-refractivity contribution in [1.29, 1.82) is 0 Å². The van der Waals surface area contributed by atoms with Crippen LogP contribution in [0.3, 0.4) is 0 Å². The van der Waals surface area contributed by atoms with Crippen LogP contribution in [0.1, 0.15) is 11.1 Å². The molecule has 0 atom stereocenters. The van der Waals surface area contributed by atoms with Gasteiger partial charge in [0, 0.05) is 5.56 Å². The third-order valence-corrected chi connectivity index (χ3v) is 4.05. The van der Waals surface area contributed by atoms with Gasteiger partial charge in [-0.25, -0.2) is 0 Å². The lowest BCUT2D eigenvalue weighted by molar-refractivity contribution is 0.355. The highest BCUT2D eigenvalue weighted by Gasteiger charge is 2.21. The van der Waals surface area contributed by atoms with E-state index in [-0.39, 0.29) is 0 Å². The smallest absolute Gasteiger partial charge is 0.168 e. The van der Waals surface area contributed by atoms with Crippen molar-refractivity contribution in [1.82, 2.24) is 5.32 Å². The fourth-order valence-electron chi connectivity index (χ4n) is 3.07. The summed E-state index contributed by atoms with van der Waals surface area (Å²) in [7, 11) is 3.42. The van der Waals surface area contributed by atoms with Crippen molar-refractivity contribution in [2.24, 2.45) is 0 Å². The van der Waals surface area contributed by atoms with Gasteiger partial charge in [-0.15, -0.1) is 0 Å². The summed E-state index contributed by atoms with van der Waals surface area (Å²) in [5.74, 6) is 1.65. The molecule has 110 valence electrons. The van der Waals surface area contributed by atoms with Gasteiger partial charge in [-0.1, -0.05) is 30.3 Å². The topological polar surface area (TPSA) is 30.5 Å². The SMILES string of the molecule is COc1cc2c(c(-c3ccccc3)c1OC)CCNCC2. The molecule has 0 unspecified atom stereocenters. The number of ether oxygens (including phenoxy) is 2. The summed E-state index contributed by atoms with van der Waals surface area (Å²) in [5, 5.41) is 3.47. The lowest BCUT2D eigenvalue weighted by atomic mass is 9.91. The Bertz CT molecular complexity index is 623. The predicted molar refractivity (Wildman–Crippen MR) is 85.3 cm³/mol. The molecule has 0 aliphatic carbocycles. The molecule has 3 nitrogen and oxygen atoms in total. The van der Waals surface area contributed by atoms with Gasteiger partial charge in [-0.05, 0) is 48.7 Å². The minimum absolute atomic E-state index is 0.817. The van der Waals surface area contributed by atoms with Crippen molar-refractivity contribution < 1.29 is 9.47 Å². The Morgan fingerprint density at radius 1 is 0.952 bits per heavy atom. The van der Waals surface area contributed by atoms with Crippen molar-refractivity contribution >= 4 is 0 Å². The molecule has 3 heteroatoms. The van der Waals surface area contributed by atoms with E-state index in [0.29, 0.717) is 0 Å². The summed E-state index contributed by atoms with van der Waals surface area (Å²) >= 11 is 0. The zero-order valence-corrected chi connectivity index (χ0v) is 12.6. The van der Waals surface area contributed by atoms with Gasteiger partial charge >= 0.3 is 0 Å². The Kier molecular flexibility index (Phi) is 4.11. The first-order chi connectivity index (χ1) is 10.3. The van der Waals surface area contributed by atoms with Crippen LogP contribution in [0.4, 0.5) is 0 Å². The van der Waals surface area contributed by atoms with Crippen molar-refractivity contribution in [2.45, 2.75) is 12.8 Å². The second-order valence-electron chi connectivity index (χ2n) is 5.24. The number of rotatable bonds is 3. The van der Waals surface area contributed by atoms with E-state index in [9.17, 15) is 0 Å². The molecule has 2 aromatic rings. The van der Waals surface area contributed by atoms with Gasteiger partial charge in [0.15, 0.2) is 11.5 Å². The van der Waals surface area contributed by atoms with Crippen molar-refractivity contribution in [3.05, 3.63) is 47.5 Å². The maximum Gasteiger partial charge on any atom is 0.168 e. The first-order valence-corrected chi connectivity index (χ1v) is 7.38. The van der Waals surface area contributed by atoms with Crippen LogP contribution in [0.2, 0.25) is 0 Å². The molecule has 0 amide bonds. The maximum absolute atomic E-state index is 5.68. The van der Waals surface area contributed by atoms with Crippen LogP contribution >= 0.6 is 0 Å². The molecule has 1 aliphatic heterocycles. The highest BCUT2D eigenvalue weighted by atomic mass is 16.5. The van der Waals surface area contributed by atoms with Crippen LogP contribution in [-0.2, 0) is 12.8 Å². The van der Waals surface area contributed by atoms with Gasteiger partial charge in [0.1, 0.15) is 0 Å². The molecule has 0 saturated heterocycles. The molecule has 2 aromatic carbocycles. The number of nitrogens with one attached hydrogen (secondary N) is 1.